The first-order chi connectivity index (χ1) is 12.7. The van der Waals surface area contributed by atoms with Crippen LogP contribution in [0.4, 0.5) is 5.69 Å². The van der Waals surface area contributed by atoms with Gasteiger partial charge < -0.3 is 4.90 Å². The fourth-order valence-corrected chi connectivity index (χ4v) is 3.49. The van der Waals surface area contributed by atoms with Gasteiger partial charge in [-0.2, -0.15) is 0 Å². The number of hydrogen-bond donors (Lipinski definition) is 0. The summed E-state index contributed by atoms with van der Waals surface area (Å²) in [5, 5.41) is 5.30. The molecule has 0 unspecified atom stereocenters. The van der Waals surface area contributed by atoms with Crippen LogP contribution in [-0.4, -0.2) is 33.5 Å². The number of carbonyl (C=O) groups is 1. The van der Waals surface area contributed by atoms with Crippen molar-refractivity contribution in [1.82, 2.24) is 14.8 Å². The van der Waals surface area contributed by atoms with Crippen LogP contribution in [0.1, 0.15) is 24.6 Å². The SMILES string of the molecule is CN(C(=O)CSc1nc(C2CC2)n(-c2ccccc2)n1)c1ccccc1. The molecule has 5 nitrogen and oxygen atoms in total. The zero-order valence-corrected chi connectivity index (χ0v) is 15.4. The van der Waals surface area contributed by atoms with Crippen molar-refractivity contribution in [2.24, 2.45) is 0 Å². The molecule has 0 bridgehead atoms. The van der Waals surface area contributed by atoms with Gasteiger partial charge >= 0.3 is 0 Å². The first-order valence-corrected chi connectivity index (χ1v) is 9.68. The van der Waals surface area contributed by atoms with Crippen LogP contribution >= 0.6 is 11.8 Å². The van der Waals surface area contributed by atoms with E-state index >= 15 is 0 Å². The number of thioether (sulfide) groups is 1. The van der Waals surface area contributed by atoms with Crippen molar-refractivity contribution >= 4 is 23.4 Å². The van der Waals surface area contributed by atoms with E-state index in [0.29, 0.717) is 16.8 Å². The van der Waals surface area contributed by atoms with Crippen LogP contribution in [0.25, 0.3) is 5.69 Å². The topological polar surface area (TPSA) is 51.0 Å². The third-order valence-corrected chi connectivity index (χ3v) is 5.22. The fraction of sp³-hybridized carbons (Fsp3) is 0.250. The van der Waals surface area contributed by atoms with Crippen molar-refractivity contribution < 1.29 is 4.79 Å². The molecule has 3 aromatic rings. The van der Waals surface area contributed by atoms with Gasteiger partial charge in [0, 0.05) is 18.7 Å². The Morgan fingerprint density at radius 3 is 2.42 bits per heavy atom. The minimum Gasteiger partial charge on any atom is -0.315 e. The molecule has 1 fully saturated rings. The van der Waals surface area contributed by atoms with Gasteiger partial charge in [0.15, 0.2) is 0 Å². The Hall–Kier alpha value is -2.60. The van der Waals surface area contributed by atoms with Gasteiger partial charge in [0.1, 0.15) is 5.82 Å². The summed E-state index contributed by atoms with van der Waals surface area (Å²) < 4.78 is 1.92. The zero-order valence-electron chi connectivity index (χ0n) is 14.6. The Kier molecular flexibility index (Phi) is 4.75. The molecular weight excluding hydrogens is 344 g/mol. The molecule has 1 heterocycles. The molecule has 1 saturated carbocycles. The molecule has 1 aliphatic carbocycles. The van der Waals surface area contributed by atoms with Gasteiger partial charge in [-0.3, -0.25) is 4.79 Å². The molecule has 0 radical (unpaired) electrons. The van der Waals surface area contributed by atoms with Crippen molar-refractivity contribution in [2.45, 2.75) is 23.9 Å². The summed E-state index contributed by atoms with van der Waals surface area (Å²) in [6, 6.07) is 19.7. The highest BCUT2D eigenvalue weighted by molar-refractivity contribution is 7.99. The maximum absolute atomic E-state index is 12.5. The van der Waals surface area contributed by atoms with E-state index in [0.717, 1.165) is 30.0 Å². The van der Waals surface area contributed by atoms with E-state index in [1.54, 1.807) is 11.9 Å². The van der Waals surface area contributed by atoms with Gasteiger partial charge in [-0.05, 0) is 37.1 Å². The molecule has 0 atom stereocenters. The van der Waals surface area contributed by atoms with E-state index in [1.807, 2.05) is 65.3 Å². The summed E-state index contributed by atoms with van der Waals surface area (Å²) in [4.78, 5) is 18.8. The smallest absolute Gasteiger partial charge is 0.237 e. The lowest BCUT2D eigenvalue weighted by Crippen LogP contribution is -2.27. The first-order valence-electron chi connectivity index (χ1n) is 8.69. The van der Waals surface area contributed by atoms with Gasteiger partial charge in [0.2, 0.25) is 11.1 Å². The Balaban J connectivity index is 1.48. The van der Waals surface area contributed by atoms with E-state index < -0.39 is 0 Å². The molecule has 1 aliphatic rings. The second-order valence-electron chi connectivity index (χ2n) is 6.35. The molecule has 6 heteroatoms. The van der Waals surface area contributed by atoms with Gasteiger partial charge in [-0.15, -0.1) is 5.10 Å². The summed E-state index contributed by atoms with van der Waals surface area (Å²) in [6.07, 6.45) is 2.32. The summed E-state index contributed by atoms with van der Waals surface area (Å²) in [6.45, 7) is 0. The lowest BCUT2D eigenvalue weighted by atomic mass is 10.3. The summed E-state index contributed by atoms with van der Waals surface area (Å²) in [5.41, 5.74) is 1.90. The Morgan fingerprint density at radius 1 is 1.12 bits per heavy atom. The van der Waals surface area contributed by atoms with E-state index in [-0.39, 0.29) is 5.91 Å². The van der Waals surface area contributed by atoms with Crippen molar-refractivity contribution in [1.29, 1.82) is 0 Å². The number of carbonyl (C=O) groups excluding carboxylic acids is 1. The maximum atomic E-state index is 12.5. The van der Waals surface area contributed by atoms with E-state index in [1.165, 1.54) is 11.8 Å². The van der Waals surface area contributed by atoms with Gasteiger partial charge in [-0.25, -0.2) is 9.67 Å². The average Bonchev–Trinajstić information content (AvgIpc) is 3.46. The second-order valence-corrected chi connectivity index (χ2v) is 7.29. The largest absolute Gasteiger partial charge is 0.315 e. The molecule has 1 amide bonds. The normalized spacial score (nSPS) is 13.6. The monoisotopic (exact) mass is 364 g/mol. The number of hydrogen-bond acceptors (Lipinski definition) is 4. The van der Waals surface area contributed by atoms with Crippen LogP contribution in [-0.2, 0) is 4.79 Å². The van der Waals surface area contributed by atoms with Gasteiger partial charge in [0.25, 0.3) is 0 Å². The number of nitrogens with zero attached hydrogens (tertiary/aromatic N) is 4. The highest BCUT2D eigenvalue weighted by Gasteiger charge is 2.30. The zero-order chi connectivity index (χ0) is 17.9. The minimum absolute atomic E-state index is 0.0326. The number of rotatable bonds is 6. The number of anilines is 1. The van der Waals surface area contributed by atoms with Gasteiger partial charge in [0.05, 0.1) is 11.4 Å². The van der Waals surface area contributed by atoms with Crippen molar-refractivity contribution in [3.05, 3.63) is 66.5 Å². The summed E-state index contributed by atoms with van der Waals surface area (Å²) in [7, 11) is 1.80. The quantitative estimate of drug-likeness (QED) is 0.623. The first kappa shape index (κ1) is 16.8. The number of aromatic nitrogens is 3. The van der Waals surface area contributed by atoms with Crippen LogP contribution in [0.15, 0.2) is 65.8 Å². The Bertz CT molecular complexity index is 891. The van der Waals surface area contributed by atoms with Crippen LogP contribution < -0.4 is 4.90 Å². The molecule has 4 rings (SSSR count). The predicted octanol–water partition coefficient (Wildman–Crippen LogP) is 3.90. The predicted molar refractivity (Wildman–Crippen MR) is 104 cm³/mol. The third-order valence-electron chi connectivity index (χ3n) is 4.40. The van der Waals surface area contributed by atoms with Crippen LogP contribution in [0, 0.1) is 0 Å². The minimum atomic E-state index is 0.0326. The van der Waals surface area contributed by atoms with E-state index in [9.17, 15) is 4.79 Å². The lowest BCUT2D eigenvalue weighted by molar-refractivity contribution is -0.115. The molecule has 1 aromatic heterocycles. The Labute approximate surface area is 157 Å². The van der Waals surface area contributed by atoms with Gasteiger partial charge in [-0.1, -0.05) is 48.2 Å². The molecule has 26 heavy (non-hydrogen) atoms. The molecular formula is C20H20N4OS. The number of para-hydroxylation sites is 2. The van der Waals surface area contributed by atoms with Crippen molar-refractivity contribution in [3.8, 4) is 5.69 Å². The lowest BCUT2D eigenvalue weighted by Gasteiger charge is -2.16. The second kappa shape index (κ2) is 7.33. The maximum Gasteiger partial charge on any atom is 0.237 e. The summed E-state index contributed by atoms with van der Waals surface area (Å²) >= 11 is 1.39. The molecule has 0 N–H and O–H groups in total. The highest BCUT2D eigenvalue weighted by atomic mass is 32.2. The van der Waals surface area contributed by atoms with Crippen LogP contribution in [0.5, 0.6) is 0 Å². The van der Waals surface area contributed by atoms with Crippen LogP contribution in [0.2, 0.25) is 0 Å². The Morgan fingerprint density at radius 2 is 1.77 bits per heavy atom. The third kappa shape index (κ3) is 3.65. The molecule has 0 aliphatic heterocycles. The standard InChI is InChI=1S/C20H20N4OS/c1-23(16-8-4-2-5-9-16)18(25)14-26-20-21-19(15-12-13-15)24(22-20)17-10-6-3-7-11-17/h2-11,15H,12-14H2,1H3. The van der Waals surface area contributed by atoms with Crippen molar-refractivity contribution in [3.63, 3.8) is 0 Å². The molecule has 0 spiro atoms. The molecule has 2 aromatic carbocycles. The molecule has 132 valence electrons. The fourth-order valence-electron chi connectivity index (χ4n) is 2.75. The molecule has 0 saturated heterocycles. The van der Waals surface area contributed by atoms with Crippen LogP contribution in [0.3, 0.4) is 0 Å². The van der Waals surface area contributed by atoms with Crippen molar-refractivity contribution in [2.75, 3.05) is 17.7 Å². The summed E-state index contributed by atoms with van der Waals surface area (Å²) in [5.74, 6) is 1.83. The average molecular weight is 364 g/mol. The van der Waals surface area contributed by atoms with E-state index in [4.69, 9.17) is 4.98 Å². The highest BCUT2D eigenvalue weighted by Crippen LogP contribution is 2.40. The number of benzene rings is 2. The number of amides is 1. The van der Waals surface area contributed by atoms with E-state index in [2.05, 4.69) is 5.10 Å².